The van der Waals surface area contributed by atoms with Gasteiger partial charge in [0.2, 0.25) is 0 Å². The van der Waals surface area contributed by atoms with Crippen LogP contribution >= 0.6 is 0 Å². The highest BCUT2D eigenvalue weighted by Crippen LogP contribution is 2.26. The topological polar surface area (TPSA) is 72.8 Å². The molecule has 0 aliphatic carbocycles. The van der Waals surface area contributed by atoms with Crippen molar-refractivity contribution in [3.8, 4) is 0 Å². The summed E-state index contributed by atoms with van der Waals surface area (Å²) in [5.41, 5.74) is -0.997. The van der Waals surface area contributed by atoms with Gasteiger partial charge in [-0.15, -0.1) is 0 Å². The van der Waals surface area contributed by atoms with Crippen molar-refractivity contribution in [3.05, 3.63) is 0 Å². The molecule has 5 heteroatoms. The third-order valence-corrected chi connectivity index (χ3v) is 1.94. The van der Waals surface area contributed by atoms with Crippen LogP contribution in [0, 0.1) is 0 Å². The molecule has 1 aliphatic rings. The van der Waals surface area contributed by atoms with Gasteiger partial charge in [-0.2, -0.15) is 0 Å². The molecule has 1 atom stereocenters. The molecule has 1 aliphatic heterocycles. The summed E-state index contributed by atoms with van der Waals surface area (Å²) in [7, 11) is 0. The van der Waals surface area contributed by atoms with Gasteiger partial charge in [-0.05, 0) is 0 Å². The molecular weight excluding hydrogens is 176 g/mol. The van der Waals surface area contributed by atoms with E-state index in [1.807, 2.05) is 0 Å². The summed E-state index contributed by atoms with van der Waals surface area (Å²) in [5, 5.41) is 8.98. The molecular formula is C8H12O5. The molecule has 1 N–H and O–H groups in total. The largest absolute Gasteiger partial charge is 0.462 e. The highest BCUT2D eigenvalue weighted by molar-refractivity contribution is 5.72. The lowest BCUT2D eigenvalue weighted by atomic mass is 10.0. The lowest BCUT2D eigenvalue weighted by Gasteiger charge is -2.23. The number of aliphatic hydroxyl groups excluding tert-OH is 1. The van der Waals surface area contributed by atoms with E-state index in [-0.39, 0.29) is 25.6 Å². The molecule has 5 nitrogen and oxygen atoms in total. The smallest absolute Gasteiger partial charge is 0.306 e. The van der Waals surface area contributed by atoms with Gasteiger partial charge in [0.15, 0.2) is 5.60 Å². The minimum atomic E-state index is -0.997. The van der Waals surface area contributed by atoms with Crippen molar-refractivity contribution in [2.24, 2.45) is 0 Å². The lowest BCUT2D eigenvalue weighted by Crippen LogP contribution is -2.39. The van der Waals surface area contributed by atoms with Crippen LogP contribution in [0.15, 0.2) is 0 Å². The van der Waals surface area contributed by atoms with Gasteiger partial charge < -0.3 is 14.6 Å². The first-order valence-electron chi connectivity index (χ1n) is 4.04. The maximum atomic E-state index is 10.8. The zero-order chi connectivity index (χ0) is 9.90. The minimum Gasteiger partial charge on any atom is -0.462 e. The van der Waals surface area contributed by atoms with Crippen LogP contribution in [0.2, 0.25) is 0 Å². The summed E-state index contributed by atoms with van der Waals surface area (Å²) >= 11 is 0. The molecule has 0 aromatic carbocycles. The SMILES string of the molecule is CC(=O)OC[C@]1(CO)CCC(=O)O1. The van der Waals surface area contributed by atoms with E-state index in [0.717, 1.165) is 0 Å². The predicted molar refractivity (Wildman–Crippen MR) is 41.8 cm³/mol. The molecule has 0 amide bonds. The van der Waals surface area contributed by atoms with Crippen molar-refractivity contribution < 1.29 is 24.2 Å². The van der Waals surface area contributed by atoms with Gasteiger partial charge in [-0.3, -0.25) is 9.59 Å². The molecule has 0 saturated carbocycles. The average molecular weight is 188 g/mol. The van der Waals surface area contributed by atoms with E-state index in [4.69, 9.17) is 14.6 Å². The van der Waals surface area contributed by atoms with E-state index in [1.165, 1.54) is 6.92 Å². The van der Waals surface area contributed by atoms with Crippen LogP contribution in [0.1, 0.15) is 19.8 Å². The third kappa shape index (κ3) is 2.42. The van der Waals surface area contributed by atoms with E-state index in [9.17, 15) is 9.59 Å². The van der Waals surface area contributed by atoms with Crippen molar-refractivity contribution >= 4 is 11.9 Å². The van der Waals surface area contributed by atoms with Crippen molar-refractivity contribution in [2.45, 2.75) is 25.4 Å². The molecule has 1 fully saturated rings. The second-order valence-electron chi connectivity index (χ2n) is 3.10. The van der Waals surface area contributed by atoms with E-state index in [1.54, 1.807) is 0 Å². The van der Waals surface area contributed by atoms with E-state index >= 15 is 0 Å². The summed E-state index contributed by atoms with van der Waals surface area (Å²) in [6.45, 7) is 0.887. The highest BCUT2D eigenvalue weighted by atomic mass is 16.6. The van der Waals surface area contributed by atoms with Gasteiger partial charge in [-0.1, -0.05) is 0 Å². The van der Waals surface area contributed by atoms with Crippen LogP contribution in [0.5, 0.6) is 0 Å². The Balaban J connectivity index is 2.50. The van der Waals surface area contributed by atoms with E-state index in [2.05, 4.69) is 0 Å². The number of hydrogen-bond donors (Lipinski definition) is 1. The van der Waals surface area contributed by atoms with Gasteiger partial charge >= 0.3 is 11.9 Å². The molecule has 0 radical (unpaired) electrons. The normalized spacial score (nSPS) is 27.1. The second-order valence-corrected chi connectivity index (χ2v) is 3.10. The number of carbonyl (C=O) groups excluding carboxylic acids is 2. The number of esters is 2. The first-order chi connectivity index (χ1) is 6.08. The minimum absolute atomic E-state index is 0.0649. The highest BCUT2D eigenvalue weighted by Gasteiger charge is 2.41. The summed E-state index contributed by atoms with van der Waals surface area (Å²) in [6, 6.07) is 0. The monoisotopic (exact) mass is 188 g/mol. The molecule has 1 saturated heterocycles. The Morgan fingerprint density at radius 2 is 2.46 bits per heavy atom. The maximum Gasteiger partial charge on any atom is 0.306 e. The predicted octanol–water partition coefficient (Wildman–Crippen LogP) is -0.382. The molecule has 0 aromatic heterocycles. The zero-order valence-electron chi connectivity index (χ0n) is 7.41. The fourth-order valence-corrected chi connectivity index (χ4v) is 1.17. The Morgan fingerprint density at radius 1 is 1.77 bits per heavy atom. The molecule has 0 unspecified atom stereocenters. The number of aliphatic hydroxyl groups is 1. The van der Waals surface area contributed by atoms with Crippen LogP contribution in [-0.2, 0) is 19.1 Å². The number of carbonyl (C=O) groups is 2. The summed E-state index contributed by atoms with van der Waals surface area (Å²) in [4.78, 5) is 21.3. The van der Waals surface area contributed by atoms with Gasteiger partial charge in [0.05, 0.1) is 6.61 Å². The van der Waals surface area contributed by atoms with Crippen molar-refractivity contribution in [2.75, 3.05) is 13.2 Å². The molecule has 0 aromatic rings. The molecule has 74 valence electrons. The van der Waals surface area contributed by atoms with E-state index < -0.39 is 11.6 Å². The maximum absolute atomic E-state index is 10.8. The Morgan fingerprint density at radius 3 is 2.85 bits per heavy atom. The van der Waals surface area contributed by atoms with Crippen LogP contribution in [-0.4, -0.2) is 35.9 Å². The second kappa shape index (κ2) is 3.74. The number of rotatable bonds is 3. The lowest BCUT2D eigenvalue weighted by molar-refractivity contribution is -0.165. The van der Waals surface area contributed by atoms with Crippen LogP contribution < -0.4 is 0 Å². The first-order valence-corrected chi connectivity index (χ1v) is 4.04. The van der Waals surface area contributed by atoms with Gasteiger partial charge in [-0.25, -0.2) is 0 Å². The van der Waals surface area contributed by atoms with Crippen molar-refractivity contribution in [3.63, 3.8) is 0 Å². The number of cyclic esters (lactones) is 1. The summed E-state index contributed by atoms with van der Waals surface area (Å²) in [6.07, 6.45) is 0.664. The quantitative estimate of drug-likeness (QED) is 0.611. The Kier molecular flexibility index (Phi) is 2.87. The number of hydrogen-bond acceptors (Lipinski definition) is 5. The van der Waals surface area contributed by atoms with Crippen LogP contribution in [0.3, 0.4) is 0 Å². The Hall–Kier alpha value is -1.10. The molecule has 0 spiro atoms. The fraction of sp³-hybridized carbons (Fsp3) is 0.750. The van der Waals surface area contributed by atoms with Crippen molar-refractivity contribution in [1.29, 1.82) is 0 Å². The molecule has 1 heterocycles. The summed E-state index contributed by atoms with van der Waals surface area (Å²) in [5.74, 6) is -0.808. The van der Waals surface area contributed by atoms with Gasteiger partial charge in [0, 0.05) is 19.8 Å². The Labute approximate surface area is 75.6 Å². The molecule has 13 heavy (non-hydrogen) atoms. The number of ether oxygens (including phenoxy) is 2. The van der Waals surface area contributed by atoms with Gasteiger partial charge in [0.1, 0.15) is 6.61 Å². The molecule has 1 rings (SSSR count). The van der Waals surface area contributed by atoms with Crippen LogP contribution in [0.4, 0.5) is 0 Å². The summed E-state index contributed by atoms with van der Waals surface area (Å²) < 4.78 is 9.57. The zero-order valence-corrected chi connectivity index (χ0v) is 7.41. The molecule has 0 bridgehead atoms. The van der Waals surface area contributed by atoms with E-state index in [0.29, 0.717) is 6.42 Å². The third-order valence-electron chi connectivity index (χ3n) is 1.94. The first kappa shape index (κ1) is 9.98. The Bertz CT molecular complexity index is 225. The average Bonchev–Trinajstić information content (AvgIpc) is 2.45. The van der Waals surface area contributed by atoms with Gasteiger partial charge in [0.25, 0.3) is 0 Å². The van der Waals surface area contributed by atoms with Crippen LogP contribution in [0.25, 0.3) is 0 Å². The van der Waals surface area contributed by atoms with Crippen molar-refractivity contribution in [1.82, 2.24) is 0 Å². The standard InChI is InChI=1S/C8H12O5/c1-6(10)12-5-8(4-9)3-2-7(11)13-8/h9H,2-5H2,1H3/t8-/m1/s1. The fourth-order valence-electron chi connectivity index (χ4n) is 1.17.